The average molecular weight is 466 g/mol. The smallest absolute Gasteiger partial charge is 0.309 e. The standard InChI is InChI=1S/C30H43NO3/c1-5-33-29(32)23-15-18-31(19-16-23)17-14-22-6-7-25-21-28(11-8-24(25)20-22)34-27-12-9-26(10-13-27)30(2,3)4/h6-8,11,20-21,23,26-27H,5,9-10,12-19H2,1-4H3/t26-,27-. The van der Waals surface area contributed by atoms with Gasteiger partial charge < -0.3 is 14.4 Å². The molecule has 0 N–H and O–H groups in total. The van der Waals surface area contributed by atoms with Gasteiger partial charge in [0.1, 0.15) is 5.75 Å². The molecule has 1 saturated heterocycles. The van der Waals surface area contributed by atoms with Crippen LogP contribution >= 0.6 is 0 Å². The lowest BCUT2D eigenvalue weighted by atomic mass is 9.72. The monoisotopic (exact) mass is 465 g/mol. The van der Waals surface area contributed by atoms with Crippen LogP contribution in [0, 0.1) is 17.3 Å². The first kappa shape index (κ1) is 25.0. The molecule has 0 spiro atoms. The lowest BCUT2D eigenvalue weighted by molar-refractivity contribution is -0.149. The zero-order valence-corrected chi connectivity index (χ0v) is 21.6. The third-order valence-electron chi connectivity index (χ3n) is 8.00. The highest BCUT2D eigenvalue weighted by Crippen LogP contribution is 2.39. The molecule has 2 fully saturated rings. The summed E-state index contributed by atoms with van der Waals surface area (Å²) in [5.41, 5.74) is 1.78. The van der Waals surface area contributed by atoms with E-state index in [4.69, 9.17) is 9.47 Å². The first-order chi connectivity index (χ1) is 16.3. The van der Waals surface area contributed by atoms with Crippen LogP contribution < -0.4 is 4.74 Å². The van der Waals surface area contributed by atoms with Crippen LogP contribution in [0.15, 0.2) is 36.4 Å². The maximum atomic E-state index is 11.9. The van der Waals surface area contributed by atoms with E-state index < -0.39 is 0 Å². The number of carbonyl (C=O) groups excluding carboxylic acids is 1. The predicted octanol–water partition coefficient (Wildman–Crippen LogP) is 6.64. The van der Waals surface area contributed by atoms with Gasteiger partial charge in [-0.3, -0.25) is 4.79 Å². The van der Waals surface area contributed by atoms with Crippen molar-refractivity contribution in [2.24, 2.45) is 17.3 Å². The van der Waals surface area contributed by atoms with Gasteiger partial charge in [0, 0.05) is 6.54 Å². The van der Waals surface area contributed by atoms with E-state index in [1.165, 1.54) is 29.2 Å². The SMILES string of the molecule is CCOC(=O)C1CCN(CCc2ccc3cc(O[C@H]4CC[C@H](C(C)(C)C)CC4)ccc3c2)CC1. The minimum absolute atomic E-state index is 0.0161. The highest BCUT2D eigenvalue weighted by atomic mass is 16.5. The zero-order chi connectivity index (χ0) is 24.1. The Hall–Kier alpha value is -2.07. The van der Waals surface area contributed by atoms with Crippen molar-refractivity contribution in [3.63, 3.8) is 0 Å². The second-order valence-electron chi connectivity index (χ2n) is 11.4. The third kappa shape index (κ3) is 6.53. The molecular formula is C30H43NO3. The highest BCUT2D eigenvalue weighted by Gasteiger charge is 2.30. The molecule has 4 rings (SSSR count). The number of fused-ring (bicyclic) bond motifs is 1. The lowest BCUT2D eigenvalue weighted by Gasteiger charge is -2.37. The van der Waals surface area contributed by atoms with Crippen molar-refractivity contribution < 1.29 is 14.3 Å². The number of carbonyl (C=O) groups is 1. The van der Waals surface area contributed by atoms with E-state index in [0.29, 0.717) is 18.1 Å². The van der Waals surface area contributed by atoms with Crippen molar-refractivity contribution in [3.8, 4) is 5.75 Å². The number of ether oxygens (including phenoxy) is 2. The summed E-state index contributed by atoms with van der Waals surface area (Å²) in [5.74, 6) is 1.88. The summed E-state index contributed by atoms with van der Waals surface area (Å²) in [7, 11) is 0. The molecule has 0 amide bonds. The van der Waals surface area contributed by atoms with Gasteiger partial charge in [0.05, 0.1) is 18.6 Å². The van der Waals surface area contributed by atoms with Crippen molar-refractivity contribution >= 4 is 16.7 Å². The van der Waals surface area contributed by atoms with Crippen LogP contribution in [-0.2, 0) is 16.0 Å². The molecule has 2 aromatic rings. The Labute approximate surface area is 206 Å². The summed E-state index contributed by atoms with van der Waals surface area (Å²) >= 11 is 0. The van der Waals surface area contributed by atoms with Crippen molar-refractivity contribution in [2.75, 3.05) is 26.2 Å². The largest absolute Gasteiger partial charge is 0.490 e. The van der Waals surface area contributed by atoms with E-state index in [9.17, 15) is 4.79 Å². The maximum absolute atomic E-state index is 11.9. The molecule has 0 bridgehead atoms. The van der Waals surface area contributed by atoms with E-state index in [-0.39, 0.29) is 11.9 Å². The summed E-state index contributed by atoms with van der Waals surface area (Å²) in [5, 5.41) is 2.53. The molecule has 0 atom stereocenters. The molecule has 34 heavy (non-hydrogen) atoms. The summed E-state index contributed by atoms with van der Waals surface area (Å²) in [4.78, 5) is 14.4. The molecule has 1 saturated carbocycles. The van der Waals surface area contributed by atoms with E-state index in [0.717, 1.165) is 63.4 Å². The Morgan fingerprint density at radius 1 is 0.941 bits per heavy atom. The Kier molecular flexibility index (Phi) is 8.18. The summed E-state index contributed by atoms with van der Waals surface area (Å²) in [6.45, 7) is 12.5. The Bertz CT molecular complexity index is 947. The normalized spacial score (nSPS) is 22.6. The number of piperidine rings is 1. The average Bonchev–Trinajstić information content (AvgIpc) is 2.83. The molecule has 2 aliphatic rings. The lowest BCUT2D eigenvalue weighted by Crippen LogP contribution is -2.38. The number of hydrogen-bond acceptors (Lipinski definition) is 4. The van der Waals surface area contributed by atoms with Crippen LogP contribution in [0.3, 0.4) is 0 Å². The van der Waals surface area contributed by atoms with Crippen LogP contribution in [0.4, 0.5) is 0 Å². The van der Waals surface area contributed by atoms with Gasteiger partial charge in [0.15, 0.2) is 0 Å². The first-order valence-electron chi connectivity index (χ1n) is 13.4. The van der Waals surface area contributed by atoms with Crippen LogP contribution in [0.25, 0.3) is 10.8 Å². The van der Waals surface area contributed by atoms with Gasteiger partial charge in [0.2, 0.25) is 0 Å². The minimum atomic E-state index is -0.0161. The molecule has 4 nitrogen and oxygen atoms in total. The molecule has 2 aromatic carbocycles. The third-order valence-corrected chi connectivity index (χ3v) is 8.00. The maximum Gasteiger partial charge on any atom is 0.309 e. The van der Waals surface area contributed by atoms with E-state index in [1.807, 2.05) is 6.92 Å². The van der Waals surface area contributed by atoms with Crippen LogP contribution in [0.1, 0.15) is 71.8 Å². The van der Waals surface area contributed by atoms with Crippen LogP contribution in [0.2, 0.25) is 0 Å². The van der Waals surface area contributed by atoms with Gasteiger partial charge in [-0.25, -0.2) is 0 Å². The van der Waals surface area contributed by atoms with Gasteiger partial charge in [0.25, 0.3) is 0 Å². The fraction of sp³-hybridized carbons (Fsp3) is 0.633. The Balaban J connectivity index is 1.26. The van der Waals surface area contributed by atoms with E-state index in [2.05, 4.69) is 62.1 Å². The Morgan fingerprint density at radius 2 is 1.62 bits per heavy atom. The zero-order valence-electron chi connectivity index (χ0n) is 21.6. The van der Waals surface area contributed by atoms with Crippen molar-refractivity contribution in [2.45, 2.75) is 78.7 Å². The first-order valence-corrected chi connectivity index (χ1v) is 13.4. The summed E-state index contributed by atoms with van der Waals surface area (Å²) in [6, 6.07) is 13.4. The van der Waals surface area contributed by atoms with Crippen LogP contribution in [-0.4, -0.2) is 43.2 Å². The van der Waals surface area contributed by atoms with Crippen molar-refractivity contribution in [1.82, 2.24) is 4.90 Å². The second-order valence-corrected chi connectivity index (χ2v) is 11.4. The fourth-order valence-corrected chi connectivity index (χ4v) is 5.68. The number of rotatable bonds is 7. The van der Waals surface area contributed by atoms with Crippen molar-refractivity contribution in [3.05, 3.63) is 42.0 Å². The molecular weight excluding hydrogens is 422 g/mol. The second kappa shape index (κ2) is 11.1. The predicted molar refractivity (Wildman–Crippen MR) is 139 cm³/mol. The van der Waals surface area contributed by atoms with E-state index >= 15 is 0 Å². The van der Waals surface area contributed by atoms with Gasteiger partial charge in [-0.1, -0.05) is 45.0 Å². The van der Waals surface area contributed by atoms with E-state index in [1.54, 1.807) is 0 Å². The van der Waals surface area contributed by atoms with Crippen molar-refractivity contribution in [1.29, 1.82) is 0 Å². The van der Waals surface area contributed by atoms with Gasteiger partial charge in [-0.15, -0.1) is 0 Å². The van der Waals surface area contributed by atoms with Crippen LogP contribution in [0.5, 0.6) is 5.75 Å². The number of esters is 1. The summed E-state index contributed by atoms with van der Waals surface area (Å²) in [6.07, 6.45) is 8.08. The number of likely N-dealkylation sites (tertiary alicyclic amines) is 1. The molecule has 0 aromatic heterocycles. The Morgan fingerprint density at radius 3 is 2.29 bits per heavy atom. The molecule has 186 valence electrons. The molecule has 1 aliphatic carbocycles. The van der Waals surface area contributed by atoms with Gasteiger partial charge >= 0.3 is 5.97 Å². The molecule has 1 aliphatic heterocycles. The number of nitrogens with zero attached hydrogens (tertiary/aromatic N) is 1. The summed E-state index contributed by atoms with van der Waals surface area (Å²) < 4.78 is 11.6. The molecule has 1 heterocycles. The van der Waals surface area contributed by atoms with Gasteiger partial charge in [-0.2, -0.15) is 0 Å². The molecule has 4 heteroatoms. The topological polar surface area (TPSA) is 38.8 Å². The fourth-order valence-electron chi connectivity index (χ4n) is 5.68. The minimum Gasteiger partial charge on any atom is -0.490 e. The molecule has 0 unspecified atom stereocenters. The van der Waals surface area contributed by atoms with Gasteiger partial charge in [-0.05, 0) is 105 Å². The molecule has 0 radical (unpaired) electrons. The quantitative estimate of drug-likeness (QED) is 0.430. The number of benzene rings is 2. The highest BCUT2D eigenvalue weighted by molar-refractivity contribution is 5.84. The number of hydrogen-bond donors (Lipinski definition) is 0.